The maximum absolute atomic E-state index is 14.0. The molecular formula is C25H24FNO5. The number of carbonyl (C=O) groups excluding carboxylic acids is 1. The third-order valence-electron chi connectivity index (χ3n) is 5.73. The highest BCUT2D eigenvalue weighted by atomic mass is 19.1. The van der Waals surface area contributed by atoms with Gasteiger partial charge in [0.15, 0.2) is 0 Å². The van der Waals surface area contributed by atoms with Gasteiger partial charge in [0.05, 0.1) is 6.61 Å². The Balaban J connectivity index is 1.35. The minimum Gasteiger partial charge on any atom is -0.449 e. The summed E-state index contributed by atoms with van der Waals surface area (Å²) in [6, 6.07) is 19.7. The van der Waals surface area contributed by atoms with Crippen LogP contribution in [0.15, 0.2) is 66.7 Å². The molecule has 1 amide bonds. The van der Waals surface area contributed by atoms with Crippen LogP contribution in [0.4, 0.5) is 9.18 Å². The molecule has 0 saturated heterocycles. The van der Waals surface area contributed by atoms with Crippen LogP contribution < -0.4 is 5.32 Å². The van der Waals surface area contributed by atoms with Gasteiger partial charge in [-0.2, -0.15) is 0 Å². The van der Waals surface area contributed by atoms with Gasteiger partial charge in [-0.1, -0.05) is 54.6 Å². The van der Waals surface area contributed by atoms with Crippen molar-refractivity contribution < 1.29 is 29.2 Å². The van der Waals surface area contributed by atoms with Gasteiger partial charge in [-0.3, -0.25) is 0 Å². The monoisotopic (exact) mass is 437 g/mol. The second-order valence-corrected chi connectivity index (χ2v) is 7.73. The molecule has 32 heavy (non-hydrogen) atoms. The van der Waals surface area contributed by atoms with Crippen molar-refractivity contribution in [3.05, 3.63) is 94.8 Å². The smallest absolute Gasteiger partial charge is 0.407 e. The summed E-state index contributed by atoms with van der Waals surface area (Å²) in [5.74, 6) is -0.811. The number of ether oxygens (including phenoxy) is 1. The van der Waals surface area contributed by atoms with Gasteiger partial charge in [-0.25, -0.2) is 9.18 Å². The van der Waals surface area contributed by atoms with Crippen LogP contribution in [0.2, 0.25) is 0 Å². The SMILES string of the molecule is O=C(NCC(O)C(O)c1cc(CO)ccc1F)OCC1c2ccccc2-c2ccccc21. The molecule has 0 heterocycles. The standard InChI is InChI=1S/C25H24FNO5/c26-22-10-9-15(13-28)11-20(22)24(30)23(29)12-27-25(31)32-14-21-18-7-3-1-5-16(18)17-6-2-4-8-19(17)21/h1-11,21,23-24,28-30H,12-14H2,(H,27,31). The van der Waals surface area contributed by atoms with E-state index in [0.29, 0.717) is 5.56 Å². The topological polar surface area (TPSA) is 99.0 Å². The molecule has 0 fully saturated rings. The molecule has 6 nitrogen and oxygen atoms in total. The highest BCUT2D eigenvalue weighted by Crippen LogP contribution is 2.44. The second-order valence-electron chi connectivity index (χ2n) is 7.73. The minimum atomic E-state index is -1.57. The molecule has 2 atom stereocenters. The number of fused-ring (bicyclic) bond motifs is 3. The molecule has 0 saturated carbocycles. The highest BCUT2D eigenvalue weighted by Gasteiger charge is 2.29. The Hall–Kier alpha value is -3.26. The summed E-state index contributed by atoms with van der Waals surface area (Å²) in [7, 11) is 0. The fourth-order valence-electron chi connectivity index (χ4n) is 4.07. The number of hydrogen-bond donors (Lipinski definition) is 4. The first-order valence-electron chi connectivity index (χ1n) is 10.3. The van der Waals surface area contributed by atoms with Crippen LogP contribution in [-0.2, 0) is 11.3 Å². The fraction of sp³-hybridized carbons (Fsp3) is 0.240. The van der Waals surface area contributed by atoms with Crippen LogP contribution in [0.3, 0.4) is 0 Å². The molecule has 0 aromatic heterocycles. The summed E-state index contributed by atoms with van der Waals surface area (Å²) < 4.78 is 19.4. The van der Waals surface area contributed by atoms with Crippen LogP contribution in [0.5, 0.6) is 0 Å². The van der Waals surface area contributed by atoms with Gasteiger partial charge in [0, 0.05) is 18.0 Å². The van der Waals surface area contributed by atoms with Gasteiger partial charge in [-0.15, -0.1) is 0 Å². The van der Waals surface area contributed by atoms with Gasteiger partial charge in [0.2, 0.25) is 0 Å². The molecule has 3 aromatic rings. The molecule has 3 aromatic carbocycles. The zero-order valence-electron chi connectivity index (χ0n) is 17.2. The molecule has 0 radical (unpaired) electrons. The zero-order valence-corrected chi connectivity index (χ0v) is 17.2. The zero-order chi connectivity index (χ0) is 22.7. The van der Waals surface area contributed by atoms with Gasteiger partial charge in [-0.05, 0) is 39.9 Å². The third-order valence-corrected chi connectivity index (χ3v) is 5.73. The van der Waals surface area contributed by atoms with Crippen LogP contribution in [-0.4, -0.2) is 40.7 Å². The summed E-state index contributed by atoms with van der Waals surface area (Å²) in [5, 5.41) is 32.0. The molecule has 0 spiro atoms. The maximum Gasteiger partial charge on any atom is 0.407 e. The van der Waals surface area contributed by atoms with E-state index in [9.17, 15) is 24.5 Å². The van der Waals surface area contributed by atoms with Gasteiger partial charge < -0.3 is 25.4 Å². The lowest BCUT2D eigenvalue weighted by molar-refractivity contribution is 0.0164. The van der Waals surface area contributed by atoms with Gasteiger partial charge in [0.25, 0.3) is 0 Å². The number of nitrogens with one attached hydrogen (secondary N) is 1. The summed E-state index contributed by atoms with van der Waals surface area (Å²) in [6.45, 7) is -0.541. The molecule has 1 aliphatic carbocycles. The molecule has 166 valence electrons. The lowest BCUT2D eigenvalue weighted by atomic mass is 9.98. The largest absolute Gasteiger partial charge is 0.449 e. The van der Waals surface area contributed by atoms with Gasteiger partial charge >= 0.3 is 6.09 Å². The van der Waals surface area contributed by atoms with E-state index in [4.69, 9.17) is 4.74 Å². The number of halogens is 1. The molecule has 4 rings (SSSR count). The molecule has 4 N–H and O–H groups in total. The van der Waals surface area contributed by atoms with Crippen molar-refractivity contribution in [3.8, 4) is 11.1 Å². The Bertz CT molecular complexity index is 1070. The van der Waals surface area contributed by atoms with Crippen molar-refractivity contribution in [2.24, 2.45) is 0 Å². The van der Waals surface area contributed by atoms with E-state index in [1.165, 1.54) is 12.1 Å². The molecule has 0 aliphatic heterocycles. The van der Waals surface area contributed by atoms with Crippen LogP contribution >= 0.6 is 0 Å². The maximum atomic E-state index is 14.0. The Morgan fingerprint density at radius 1 is 1.00 bits per heavy atom. The van der Waals surface area contributed by atoms with E-state index in [0.717, 1.165) is 28.3 Å². The lowest BCUT2D eigenvalue weighted by Gasteiger charge is -2.20. The summed E-state index contributed by atoms with van der Waals surface area (Å²) in [5.41, 5.74) is 4.63. The number of hydrogen-bond acceptors (Lipinski definition) is 5. The molecule has 0 bridgehead atoms. The van der Waals surface area contributed by atoms with Crippen LogP contribution in [0.25, 0.3) is 11.1 Å². The van der Waals surface area contributed by atoms with Crippen molar-refractivity contribution in [1.82, 2.24) is 5.32 Å². The number of benzene rings is 3. The Kier molecular flexibility index (Phi) is 6.50. The molecule has 2 unspecified atom stereocenters. The third kappa shape index (κ3) is 4.36. The number of carbonyl (C=O) groups is 1. The van der Waals surface area contributed by atoms with E-state index < -0.39 is 24.1 Å². The average molecular weight is 437 g/mol. The van der Waals surface area contributed by atoms with E-state index in [1.807, 2.05) is 48.5 Å². The predicted molar refractivity (Wildman–Crippen MR) is 116 cm³/mol. The van der Waals surface area contributed by atoms with E-state index >= 15 is 0 Å². The molecule has 1 aliphatic rings. The fourth-order valence-corrected chi connectivity index (χ4v) is 4.07. The van der Waals surface area contributed by atoms with Crippen molar-refractivity contribution in [2.75, 3.05) is 13.2 Å². The Morgan fingerprint density at radius 3 is 2.25 bits per heavy atom. The van der Waals surface area contributed by atoms with Crippen LogP contribution in [0.1, 0.15) is 34.3 Å². The van der Waals surface area contributed by atoms with E-state index in [2.05, 4.69) is 5.32 Å². The van der Waals surface area contributed by atoms with Gasteiger partial charge in [0.1, 0.15) is 24.6 Å². The number of alkyl carbamates (subject to hydrolysis) is 1. The summed E-state index contributed by atoms with van der Waals surface area (Å²) in [6.07, 6.45) is -3.78. The molecular weight excluding hydrogens is 413 g/mol. The second kappa shape index (κ2) is 9.48. The minimum absolute atomic E-state index is 0.0982. The number of rotatable bonds is 7. The number of aliphatic hydroxyl groups excluding tert-OH is 3. The first-order chi connectivity index (χ1) is 15.5. The quantitative estimate of drug-likeness (QED) is 0.455. The number of amides is 1. The van der Waals surface area contributed by atoms with Crippen LogP contribution in [0, 0.1) is 5.82 Å². The lowest BCUT2D eigenvalue weighted by Crippen LogP contribution is -2.36. The van der Waals surface area contributed by atoms with Crippen molar-refractivity contribution in [2.45, 2.75) is 24.7 Å². The van der Waals surface area contributed by atoms with Crippen molar-refractivity contribution in [1.29, 1.82) is 0 Å². The summed E-state index contributed by atoms with van der Waals surface area (Å²) >= 11 is 0. The first kappa shape index (κ1) is 22.0. The Labute approximate surface area is 184 Å². The van der Waals surface area contributed by atoms with Crippen molar-refractivity contribution >= 4 is 6.09 Å². The first-order valence-corrected chi connectivity index (χ1v) is 10.3. The van der Waals surface area contributed by atoms with E-state index in [1.54, 1.807) is 0 Å². The average Bonchev–Trinajstić information content (AvgIpc) is 3.14. The number of aliphatic hydroxyl groups is 3. The highest BCUT2D eigenvalue weighted by molar-refractivity contribution is 5.79. The summed E-state index contributed by atoms with van der Waals surface area (Å²) in [4.78, 5) is 12.2. The predicted octanol–water partition coefficient (Wildman–Crippen LogP) is 3.25. The Morgan fingerprint density at radius 2 is 1.62 bits per heavy atom. The van der Waals surface area contributed by atoms with E-state index in [-0.39, 0.29) is 31.2 Å². The normalized spacial score (nSPS) is 14.4. The molecule has 7 heteroatoms. The van der Waals surface area contributed by atoms with Crippen molar-refractivity contribution in [3.63, 3.8) is 0 Å².